The van der Waals surface area contributed by atoms with Crippen LogP contribution in [0.2, 0.25) is 10.0 Å². The van der Waals surface area contributed by atoms with Gasteiger partial charge in [-0.05, 0) is 32.4 Å². The van der Waals surface area contributed by atoms with Crippen molar-refractivity contribution in [2.24, 2.45) is 0 Å². The predicted octanol–water partition coefficient (Wildman–Crippen LogP) is 2.01. The minimum Gasteiger partial charge on any atom is -0.399 e. The third kappa shape index (κ3) is 4.50. The SMILES string of the molecule is CC(O)CC(C)NS(=O)(=O)c1c(Cl)cc(N)cc1Cl. The van der Waals surface area contributed by atoms with Gasteiger partial charge in [-0.15, -0.1) is 0 Å². The zero-order valence-electron chi connectivity index (χ0n) is 10.5. The summed E-state index contributed by atoms with van der Waals surface area (Å²) in [6, 6.07) is 2.19. The van der Waals surface area contributed by atoms with Gasteiger partial charge in [0, 0.05) is 11.7 Å². The number of hydrogen-bond donors (Lipinski definition) is 3. The Balaban J connectivity index is 3.08. The van der Waals surface area contributed by atoms with Crippen molar-refractivity contribution in [3.63, 3.8) is 0 Å². The molecule has 0 bridgehead atoms. The molecule has 0 saturated heterocycles. The molecule has 19 heavy (non-hydrogen) atoms. The number of rotatable bonds is 5. The fourth-order valence-electron chi connectivity index (χ4n) is 1.72. The first kappa shape index (κ1) is 16.5. The predicted molar refractivity (Wildman–Crippen MR) is 77.0 cm³/mol. The Hall–Kier alpha value is -0.530. The van der Waals surface area contributed by atoms with Crippen LogP contribution in [0, 0.1) is 0 Å². The maximum atomic E-state index is 12.2. The number of nitrogens with one attached hydrogen (secondary N) is 1. The highest BCUT2D eigenvalue weighted by atomic mass is 35.5. The van der Waals surface area contributed by atoms with Crippen molar-refractivity contribution in [2.75, 3.05) is 5.73 Å². The van der Waals surface area contributed by atoms with Crippen LogP contribution in [0.25, 0.3) is 0 Å². The normalized spacial score (nSPS) is 15.2. The smallest absolute Gasteiger partial charge is 0.243 e. The molecule has 108 valence electrons. The summed E-state index contributed by atoms with van der Waals surface area (Å²) in [5, 5.41) is 9.15. The van der Waals surface area contributed by atoms with Crippen LogP contribution in [-0.2, 0) is 10.0 Å². The number of aliphatic hydroxyl groups is 1. The quantitative estimate of drug-likeness (QED) is 0.721. The molecule has 0 radical (unpaired) electrons. The molecular weight excluding hydrogens is 311 g/mol. The molecule has 1 aromatic rings. The molecule has 0 spiro atoms. The average molecular weight is 327 g/mol. The van der Waals surface area contributed by atoms with Gasteiger partial charge in [-0.3, -0.25) is 0 Å². The maximum absolute atomic E-state index is 12.2. The summed E-state index contributed by atoms with van der Waals surface area (Å²) >= 11 is 11.8. The molecular formula is C11H16Cl2N2O3S. The first-order chi connectivity index (χ1) is 8.63. The molecule has 2 atom stereocenters. The summed E-state index contributed by atoms with van der Waals surface area (Å²) in [7, 11) is -3.86. The van der Waals surface area contributed by atoms with E-state index in [1.54, 1.807) is 13.8 Å². The molecule has 2 unspecified atom stereocenters. The van der Waals surface area contributed by atoms with Gasteiger partial charge in [0.25, 0.3) is 0 Å². The zero-order chi connectivity index (χ0) is 14.8. The fourth-order valence-corrected chi connectivity index (χ4v) is 4.21. The van der Waals surface area contributed by atoms with Crippen LogP contribution in [0.3, 0.4) is 0 Å². The van der Waals surface area contributed by atoms with Gasteiger partial charge < -0.3 is 10.8 Å². The van der Waals surface area contributed by atoms with E-state index in [4.69, 9.17) is 28.9 Å². The summed E-state index contributed by atoms with van der Waals surface area (Å²) in [5.74, 6) is 0. The monoisotopic (exact) mass is 326 g/mol. The lowest BCUT2D eigenvalue weighted by Crippen LogP contribution is -2.35. The summed E-state index contributed by atoms with van der Waals surface area (Å²) < 4.78 is 26.8. The van der Waals surface area contributed by atoms with Gasteiger partial charge in [-0.2, -0.15) is 0 Å². The van der Waals surface area contributed by atoms with Crippen LogP contribution in [0.1, 0.15) is 20.3 Å². The molecule has 0 aliphatic carbocycles. The number of nitrogen functional groups attached to an aromatic ring is 1. The molecule has 0 saturated carbocycles. The highest BCUT2D eigenvalue weighted by molar-refractivity contribution is 7.89. The van der Waals surface area contributed by atoms with E-state index in [2.05, 4.69) is 4.72 Å². The third-order valence-electron chi connectivity index (χ3n) is 2.34. The molecule has 1 aromatic carbocycles. The second kappa shape index (κ2) is 6.28. The summed E-state index contributed by atoms with van der Waals surface area (Å²) in [5.41, 5.74) is 5.80. The molecule has 1 rings (SSSR count). The van der Waals surface area contributed by atoms with E-state index in [9.17, 15) is 13.5 Å². The topological polar surface area (TPSA) is 92.4 Å². The van der Waals surface area contributed by atoms with E-state index in [0.717, 1.165) is 0 Å². The van der Waals surface area contributed by atoms with E-state index in [1.807, 2.05) is 0 Å². The fraction of sp³-hybridized carbons (Fsp3) is 0.455. The van der Waals surface area contributed by atoms with Gasteiger partial charge in [0.1, 0.15) is 4.90 Å². The molecule has 0 aromatic heterocycles. The van der Waals surface area contributed by atoms with E-state index < -0.39 is 22.2 Å². The van der Waals surface area contributed by atoms with Crippen molar-refractivity contribution in [1.82, 2.24) is 4.72 Å². The average Bonchev–Trinajstić information content (AvgIpc) is 2.10. The third-order valence-corrected chi connectivity index (χ3v) is 4.85. The number of sulfonamides is 1. The minimum atomic E-state index is -3.86. The van der Waals surface area contributed by atoms with Crippen molar-refractivity contribution in [2.45, 2.75) is 37.3 Å². The Morgan fingerprint density at radius 3 is 2.21 bits per heavy atom. The number of anilines is 1. The van der Waals surface area contributed by atoms with Crippen LogP contribution >= 0.6 is 23.2 Å². The minimum absolute atomic E-state index is 0.0400. The van der Waals surface area contributed by atoms with Crippen molar-refractivity contribution in [1.29, 1.82) is 0 Å². The van der Waals surface area contributed by atoms with Crippen molar-refractivity contribution >= 4 is 38.9 Å². The Bertz CT molecular complexity index is 538. The maximum Gasteiger partial charge on any atom is 0.243 e. The largest absolute Gasteiger partial charge is 0.399 e. The van der Waals surface area contributed by atoms with Crippen molar-refractivity contribution < 1.29 is 13.5 Å². The zero-order valence-corrected chi connectivity index (χ0v) is 12.9. The highest BCUT2D eigenvalue weighted by Gasteiger charge is 2.24. The van der Waals surface area contributed by atoms with Gasteiger partial charge in [-0.1, -0.05) is 23.2 Å². The van der Waals surface area contributed by atoms with E-state index in [-0.39, 0.29) is 27.0 Å². The lowest BCUT2D eigenvalue weighted by molar-refractivity contribution is 0.175. The summed E-state index contributed by atoms with van der Waals surface area (Å²) in [6.45, 7) is 3.22. The van der Waals surface area contributed by atoms with Crippen molar-refractivity contribution in [3.05, 3.63) is 22.2 Å². The molecule has 0 fully saturated rings. The summed E-state index contributed by atoms with van der Waals surface area (Å²) in [4.78, 5) is -0.206. The van der Waals surface area contributed by atoms with Crippen molar-refractivity contribution in [3.8, 4) is 0 Å². The van der Waals surface area contributed by atoms with E-state index in [1.165, 1.54) is 12.1 Å². The second-order valence-electron chi connectivity index (χ2n) is 4.42. The number of benzene rings is 1. The Morgan fingerprint density at radius 1 is 1.32 bits per heavy atom. The van der Waals surface area contributed by atoms with Crippen LogP contribution in [0.4, 0.5) is 5.69 Å². The molecule has 5 nitrogen and oxygen atoms in total. The number of halogens is 2. The first-order valence-corrected chi connectivity index (χ1v) is 7.82. The number of aliphatic hydroxyl groups excluding tert-OH is 1. The highest BCUT2D eigenvalue weighted by Crippen LogP contribution is 2.31. The number of nitrogens with two attached hydrogens (primary N) is 1. The molecule has 0 aliphatic rings. The van der Waals surface area contributed by atoms with Crippen LogP contribution in [0.15, 0.2) is 17.0 Å². The van der Waals surface area contributed by atoms with Crippen LogP contribution < -0.4 is 10.5 Å². The lowest BCUT2D eigenvalue weighted by atomic mass is 10.2. The van der Waals surface area contributed by atoms with Gasteiger partial charge in [-0.25, -0.2) is 13.1 Å². The standard InChI is InChI=1S/C11H16Cl2N2O3S/c1-6(3-7(2)16)15-19(17,18)11-9(12)4-8(14)5-10(11)13/h4-7,15-16H,3,14H2,1-2H3. The Kier molecular flexibility index (Phi) is 5.46. The van der Waals surface area contributed by atoms with Crippen LogP contribution in [-0.4, -0.2) is 25.7 Å². The van der Waals surface area contributed by atoms with Gasteiger partial charge in [0.2, 0.25) is 10.0 Å². The molecule has 8 heteroatoms. The lowest BCUT2D eigenvalue weighted by Gasteiger charge is -2.17. The molecule has 4 N–H and O–H groups in total. The van der Waals surface area contributed by atoms with E-state index >= 15 is 0 Å². The molecule has 0 aliphatic heterocycles. The van der Waals surface area contributed by atoms with Crippen LogP contribution in [0.5, 0.6) is 0 Å². The first-order valence-electron chi connectivity index (χ1n) is 5.58. The second-order valence-corrected chi connectivity index (χ2v) is 6.89. The molecule has 0 heterocycles. The Morgan fingerprint density at radius 2 is 1.79 bits per heavy atom. The van der Waals surface area contributed by atoms with E-state index in [0.29, 0.717) is 0 Å². The van der Waals surface area contributed by atoms with Gasteiger partial charge >= 0.3 is 0 Å². The Labute approximate surface area is 122 Å². The number of hydrogen-bond acceptors (Lipinski definition) is 4. The van der Waals surface area contributed by atoms with Gasteiger partial charge in [0.05, 0.1) is 16.1 Å². The summed E-state index contributed by atoms with van der Waals surface area (Å²) in [6.07, 6.45) is -0.334. The van der Waals surface area contributed by atoms with Gasteiger partial charge in [0.15, 0.2) is 0 Å². The molecule has 0 amide bonds.